The fourth-order valence-corrected chi connectivity index (χ4v) is 6.94. The maximum atomic E-state index is 11.8. The van der Waals surface area contributed by atoms with Crippen LogP contribution in [0.3, 0.4) is 0 Å². The second-order valence-corrected chi connectivity index (χ2v) is 12.5. The number of Topliss-reactive ketones (excluding diaryl/α,β-unsaturated/α-hetero) is 1. The van der Waals surface area contributed by atoms with E-state index in [1.807, 2.05) is 18.2 Å². The average Bonchev–Trinajstić information content (AvgIpc) is 3.09. The molecule has 1 N–H and O–H groups in total. The highest BCUT2D eigenvalue weighted by molar-refractivity contribution is 5.95. The molecule has 0 aromatic heterocycles. The molecule has 46 heavy (non-hydrogen) atoms. The molecule has 5 nitrogen and oxygen atoms in total. The van der Waals surface area contributed by atoms with Gasteiger partial charge in [-0.25, -0.2) is 0 Å². The monoisotopic (exact) mass is 612 g/mol. The lowest BCUT2D eigenvalue weighted by atomic mass is 9.76. The number of unbranched alkanes of at least 4 members (excludes halogenated alkanes) is 2. The van der Waals surface area contributed by atoms with E-state index in [1.54, 1.807) is 19.1 Å². The SMILES string of the molecule is CCc1cc(C#CCCCCN2CCN(c3ccc(C4c5ccc(O)cc5OCC4c4ccccc4)cc3)CC2)ccc1C(C)=O. The lowest BCUT2D eigenvalue weighted by Crippen LogP contribution is -2.46. The zero-order valence-corrected chi connectivity index (χ0v) is 27.0. The third kappa shape index (κ3) is 7.30. The van der Waals surface area contributed by atoms with E-state index in [9.17, 15) is 9.90 Å². The third-order valence-corrected chi connectivity index (χ3v) is 9.49. The van der Waals surface area contributed by atoms with Gasteiger partial charge in [-0.3, -0.25) is 9.69 Å². The van der Waals surface area contributed by atoms with E-state index < -0.39 is 0 Å². The molecule has 0 aliphatic carbocycles. The molecule has 0 spiro atoms. The summed E-state index contributed by atoms with van der Waals surface area (Å²) in [6, 6.07) is 31.2. The molecule has 6 rings (SSSR count). The van der Waals surface area contributed by atoms with Gasteiger partial charge in [0, 0.05) is 72.9 Å². The summed E-state index contributed by atoms with van der Waals surface area (Å²) in [5, 5.41) is 10.1. The van der Waals surface area contributed by atoms with Crippen LogP contribution in [0.4, 0.5) is 5.69 Å². The van der Waals surface area contributed by atoms with Crippen molar-refractivity contribution in [1.82, 2.24) is 4.90 Å². The van der Waals surface area contributed by atoms with Crippen LogP contribution in [0.15, 0.2) is 91.0 Å². The molecule has 1 saturated heterocycles. The third-order valence-electron chi connectivity index (χ3n) is 9.49. The van der Waals surface area contributed by atoms with Gasteiger partial charge in [0.05, 0.1) is 6.61 Å². The largest absolute Gasteiger partial charge is 0.508 e. The Labute approximate surface area is 273 Å². The maximum Gasteiger partial charge on any atom is 0.160 e. The Morgan fingerprint density at radius 2 is 1.67 bits per heavy atom. The number of carbonyl (C=O) groups excluding carboxylic acids is 1. The highest BCUT2D eigenvalue weighted by atomic mass is 16.5. The van der Waals surface area contributed by atoms with E-state index in [0.717, 1.165) is 86.4 Å². The number of rotatable bonds is 9. The molecule has 0 amide bonds. The van der Waals surface area contributed by atoms with E-state index in [4.69, 9.17) is 4.74 Å². The number of carbonyl (C=O) groups is 1. The lowest BCUT2D eigenvalue weighted by Gasteiger charge is -2.37. The number of aryl methyl sites for hydroxylation is 1. The summed E-state index contributed by atoms with van der Waals surface area (Å²) in [5.74, 6) is 8.11. The van der Waals surface area contributed by atoms with Crippen LogP contribution in [0.2, 0.25) is 0 Å². The maximum absolute atomic E-state index is 11.8. The molecule has 2 atom stereocenters. The second-order valence-electron chi connectivity index (χ2n) is 12.5. The molecular weight excluding hydrogens is 568 g/mol. The summed E-state index contributed by atoms with van der Waals surface area (Å²) in [7, 11) is 0. The Morgan fingerprint density at radius 1 is 0.891 bits per heavy atom. The number of aromatic hydroxyl groups is 1. The minimum absolute atomic E-state index is 0.118. The number of ketones is 1. The number of hydrogen-bond acceptors (Lipinski definition) is 5. The van der Waals surface area contributed by atoms with Gasteiger partial charge in [-0.15, -0.1) is 0 Å². The van der Waals surface area contributed by atoms with Crippen LogP contribution in [-0.2, 0) is 6.42 Å². The number of hydrogen-bond donors (Lipinski definition) is 1. The predicted octanol–water partition coefficient (Wildman–Crippen LogP) is 7.81. The molecule has 0 bridgehead atoms. The van der Waals surface area contributed by atoms with Gasteiger partial charge < -0.3 is 14.7 Å². The van der Waals surface area contributed by atoms with Crippen LogP contribution in [0.25, 0.3) is 0 Å². The van der Waals surface area contributed by atoms with Crippen molar-refractivity contribution in [3.8, 4) is 23.3 Å². The molecule has 2 aliphatic heterocycles. The van der Waals surface area contributed by atoms with Crippen molar-refractivity contribution in [2.45, 2.75) is 51.4 Å². The number of piperazine rings is 1. The predicted molar refractivity (Wildman–Crippen MR) is 186 cm³/mol. The fourth-order valence-electron chi connectivity index (χ4n) is 6.94. The van der Waals surface area contributed by atoms with Crippen molar-refractivity contribution in [2.24, 2.45) is 0 Å². The molecule has 236 valence electrons. The molecule has 0 radical (unpaired) electrons. The molecule has 5 heteroatoms. The molecule has 1 fully saturated rings. The first-order valence-corrected chi connectivity index (χ1v) is 16.7. The Hall–Kier alpha value is -4.53. The van der Waals surface area contributed by atoms with Crippen molar-refractivity contribution in [2.75, 3.05) is 44.2 Å². The summed E-state index contributed by atoms with van der Waals surface area (Å²) in [6.07, 6.45) is 3.99. The van der Waals surface area contributed by atoms with Crippen LogP contribution in [-0.4, -0.2) is 55.1 Å². The molecule has 2 heterocycles. The van der Waals surface area contributed by atoms with Gasteiger partial charge in [0.25, 0.3) is 0 Å². The first-order chi connectivity index (χ1) is 22.5. The van der Waals surface area contributed by atoms with Crippen molar-refractivity contribution >= 4 is 11.5 Å². The van der Waals surface area contributed by atoms with E-state index in [2.05, 4.69) is 89.2 Å². The van der Waals surface area contributed by atoms with Crippen molar-refractivity contribution in [1.29, 1.82) is 0 Å². The van der Waals surface area contributed by atoms with Gasteiger partial charge in [0.2, 0.25) is 0 Å². The number of ether oxygens (including phenoxy) is 1. The van der Waals surface area contributed by atoms with Crippen LogP contribution < -0.4 is 9.64 Å². The van der Waals surface area contributed by atoms with E-state index in [0.29, 0.717) is 6.61 Å². The van der Waals surface area contributed by atoms with Gasteiger partial charge in [-0.2, -0.15) is 0 Å². The molecule has 2 unspecified atom stereocenters. The standard InChI is InChI=1S/C41H44N2O3/c1-3-32-27-31(14-20-37(32)30(2)44)11-7-4-5-10-22-42-23-25-43(26-24-42)35-17-15-34(16-18-35)41-38-21-19-36(45)28-40(38)46-29-39(41)33-12-8-6-9-13-33/h6,8-9,12-21,27-28,39,41,45H,3-5,10,22-26,29H2,1-2H3. The molecule has 4 aromatic carbocycles. The highest BCUT2D eigenvalue weighted by Gasteiger charge is 2.33. The van der Waals surface area contributed by atoms with E-state index in [1.165, 1.54) is 16.8 Å². The Morgan fingerprint density at radius 3 is 2.41 bits per heavy atom. The molecular formula is C41H44N2O3. The van der Waals surface area contributed by atoms with Crippen LogP contribution in [0.5, 0.6) is 11.5 Å². The number of phenolic OH excluding ortho intramolecular Hbond substituents is 1. The quantitative estimate of drug-likeness (QED) is 0.119. The van der Waals surface area contributed by atoms with Gasteiger partial charge in [-0.1, -0.05) is 67.3 Å². The minimum atomic E-state index is 0.118. The number of fused-ring (bicyclic) bond motifs is 1. The zero-order valence-electron chi connectivity index (χ0n) is 27.0. The van der Waals surface area contributed by atoms with Gasteiger partial charge in [0.15, 0.2) is 5.78 Å². The highest BCUT2D eigenvalue weighted by Crippen LogP contribution is 2.47. The lowest BCUT2D eigenvalue weighted by molar-refractivity contribution is 0.101. The van der Waals surface area contributed by atoms with Crippen molar-refractivity contribution in [3.05, 3.63) is 124 Å². The molecule has 0 saturated carbocycles. The second kappa shape index (κ2) is 14.7. The number of anilines is 1. The summed E-state index contributed by atoms with van der Waals surface area (Å²) in [5.41, 5.74) is 7.83. The Bertz CT molecular complexity index is 1700. The first-order valence-electron chi connectivity index (χ1n) is 16.7. The van der Waals surface area contributed by atoms with Crippen LogP contribution in [0.1, 0.15) is 83.1 Å². The van der Waals surface area contributed by atoms with Gasteiger partial charge in [0.1, 0.15) is 11.5 Å². The Kier molecular flexibility index (Phi) is 10.1. The average molecular weight is 613 g/mol. The van der Waals surface area contributed by atoms with Crippen molar-refractivity contribution in [3.63, 3.8) is 0 Å². The zero-order chi connectivity index (χ0) is 31.9. The van der Waals surface area contributed by atoms with Crippen LogP contribution in [0, 0.1) is 11.8 Å². The smallest absolute Gasteiger partial charge is 0.160 e. The number of nitrogens with zero attached hydrogens (tertiary/aromatic N) is 2. The number of phenols is 1. The summed E-state index contributed by atoms with van der Waals surface area (Å²) < 4.78 is 6.15. The molecule has 4 aromatic rings. The van der Waals surface area contributed by atoms with Gasteiger partial charge in [-0.05, 0) is 85.8 Å². The van der Waals surface area contributed by atoms with Gasteiger partial charge >= 0.3 is 0 Å². The summed E-state index contributed by atoms with van der Waals surface area (Å²) in [6.45, 7) is 9.60. The minimum Gasteiger partial charge on any atom is -0.508 e. The topological polar surface area (TPSA) is 53.0 Å². The van der Waals surface area contributed by atoms with E-state index in [-0.39, 0.29) is 23.4 Å². The summed E-state index contributed by atoms with van der Waals surface area (Å²) in [4.78, 5) is 16.9. The van der Waals surface area contributed by atoms with E-state index >= 15 is 0 Å². The van der Waals surface area contributed by atoms with Crippen molar-refractivity contribution < 1.29 is 14.6 Å². The number of benzene rings is 4. The summed E-state index contributed by atoms with van der Waals surface area (Å²) >= 11 is 0. The first kappa shape index (κ1) is 31.5. The molecule has 2 aliphatic rings. The Balaban J connectivity index is 1.01. The fraction of sp³-hybridized carbons (Fsp3) is 0.341. The van der Waals surface area contributed by atoms with Crippen LogP contribution >= 0.6 is 0 Å². The normalized spacial score (nSPS) is 17.8.